The van der Waals surface area contributed by atoms with Crippen LogP contribution in [0.4, 0.5) is 5.69 Å². The van der Waals surface area contributed by atoms with Crippen LogP contribution in [0.2, 0.25) is 10.0 Å². The molecule has 1 heterocycles. The van der Waals surface area contributed by atoms with Crippen molar-refractivity contribution < 1.29 is 4.79 Å². The lowest BCUT2D eigenvalue weighted by Gasteiger charge is -2.09. The fourth-order valence-corrected chi connectivity index (χ4v) is 3.27. The molecule has 1 aromatic heterocycles. The number of anilines is 1. The van der Waals surface area contributed by atoms with Crippen LogP contribution in [0.3, 0.4) is 0 Å². The first-order valence-corrected chi connectivity index (χ1v) is 8.06. The Bertz CT molecular complexity index is 845. The Balaban J connectivity index is 1.77. The van der Waals surface area contributed by atoms with Crippen LogP contribution < -0.4 is 10.9 Å². The highest BCUT2D eigenvalue weighted by Gasteiger charge is 2.45. The second-order valence-electron chi connectivity index (χ2n) is 5.89. The molecule has 4 nitrogen and oxygen atoms in total. The quantitative estimate of drug-likeness (QED) is 0.916. The van der Waals surface area contributed by atoms with Gasteiger partial charge in [0.15, 0.2) is 0 Å². The maximum Gasteiger partial charge on any atom is 0.274 e. The van der Waals surface area contributed by atoms with Gasteiger partial charge in [0.2, 0.25) is 5.91 Å². The summed E-state index contributed by atoms with van der Waals surface area (Å²) in [4.78, 5) is 24.5. The monoisotopic (exact) mass is 350 g/mol. The molecule has 0 saturated heterocycles. The van der Waals surface area contributed by atoms with E-state index >= 15 is 0 Å². The van der Waals surface area contributed by atoms with Gasteiger partial charge in [0.05, 0.1) is 0 Å². The predicted octanol–water partition coefficient (Wildman–Crippen LogP) is 3.74. The summed E-state index contributed by atoms with van der Waals surface area (Å²) >= 11 is 12.1. The van der Waals surface area contributed by atoms with E-state index in [1.54, 1.807) is 38.4 Å². The number of nitrogens with zero attached hydrogens (tertiary/aromatic N) is 1. The average molecular weight is 351 g/mol. The van der Waals surface area contributed by atoms with Crippen LogP contribution in [0.15, 0.2) is 35.3 Å². The van der Waals surface area contributed by atoms with Gasteiger partial charge in [-0.05, 0) is 48.6 Å². The van der Waals surface area contributed by atoms with E-state index in [4.69, 9.17) is 23.2 Å². The number of hydrogen-bond donors (Lipinski definition) is 1. The van der Waals surface area contributed by atoms with E-state index in [0.717, 1.165) is 17.5 Å². The normalized spacial score (nSPS) is 19.5. The zero-order chi connectivity index (χ0) is 16.7. The van der Waals surface area contributed by atoms with Gasteiger partial charge in [-0.3, -0.25) is 9.59 Å². The number of carbonyl (C=O) groups excluding carboxylic acids is 1. The van der Waals surface area contributed by atoms with Gasteiger partial charge < -0.3 is 9.88 Å². The Morgan fingerprint density at radius 3 is 2.74 bits per heavy atom. The molecular weight excluding hydrogens is 335 g/mol. The lowest BCUT2D eigenvalue weighted by molar-refractivity contribution is -0.117. The number of benzene rings is 1. The van der Waals surface area contributed by atoms with Gasteiger partial charge >= 0.3 is 0 Å². The van der Waals surface area contributed by atoms with Crippen LogP contribution in [0.25, 0.3) is 0 Å². The van der Waals surface area contributed by atoms with Crippen molar-refractivity contribution in [3.05, 3.63) is 62.0 Å². The van der Waals surface area contributed by atoms with Gasteiger partial charge in [0.1, 0.15) is 5.69 Å². The number of pyridine rings is 1. The molecule has 0 aliphatic heterocycles. The third kappa shape index (κ3) is 3.14. The summed E-state index contributed by atoms with van der Waals surface area (Å²) in [6, 6.07) is 7.11. The molecule has 1 aromatic carbocycles. The number of carbonyl (C=O) groups is 1. The van der Waals surface area contributed by atoms with Crippen LogP contribution in [-0.4, -0.2) is 10.5 Å². The van der Waals surface area contributed by atoms with E-state index in [0.29, 0.717) is 15.7 Å². The van der Waals surface area contributed by atoms with Gasteiger partial charge in [-0.1, -0.05) is 29.3 Å². The van der Waals surface area contributed by atoms with Crippen molar-refractivity contribution in [2.24, 2.45) is 13.0 Å². The summed E-state index contributed by atoms with van der Waals surface area (Å²) in [7, 11) is 1.66. The molecule has 2 unspecified atom stereocenters. The minimum absolute atomic E-state index is 0.0765. The SMILES string of the molecule is Cc1ccn(C)c(=O)c1NC(=O)C1CC1c1ccc(Cl)cc1Cl. The third-order valence-electron chi connectivity index (χ3n) is 4.21. The molecule has 1 fully saturated rings. The fraction of sp³-hybridized carbons (Fsp3) is 0.294. The summed E-state index contributed by atoms with van der Waals surface area (Å²) < 4.78 is 1.45. The molecule has 1 saturated carbocycles. The molecule has 3 rings (SSSR count). The molecular formula is C17H16Cl2N2O2. The summed E-state index contributed by atoms with van der Waals surface area (Å²) in [6.07, 6.45) is 2.40. The first-order chi connectivity index (χ1) is 10.9. The number of nitrogens with one attached hydrogen (secondary N) is 1. The van der Waals surface area contributed by atoms with E-state index in [-0.39, 0.29) is 23.3 Å². The number of hydrogen-bond acceptors (Lipinski definition) is 2. The Morgan fingerprint density at radius 2 is 2.04 bits per heavy atom. The standard InChI is InChI=1S/C17H16Cl2N2O2/c1-9-5-6-21(2)17(23)15(9)20-16(22)13-8-12(13)11-4-3-10(18)7-14(11)19/h3-7,12-13H,8H2,1-2H3,(H,20,22). The fourth-order valence-electron chi connectivity index (χ4n) is 2.72. The molecule has 1 aliphatic carbocycles. The number of aryl methyl sites for hydroxylation is 2. The highest BCUT2D eigenvalue weighted by Crippen LogP contribution is 2.50. The summed E-state index contributed by atoms with van der Waals surface area (Å²) in [5.41, 5.74) is 1.81. The zero-order valence-electron chi connectivity index (χ0n) is 12.8. The molecule has 1 N–H and O–H groups in total. The van der Waals surface area contributed by atoms with Crippen molar-refractivity contribution in [2.75, 3.05) is 5.32 Å². The molecule has 120 valence electrons. The van der Waals surface area contributed by atoms with Crippen molar-refractivity contribution in [1.82, 2.24) is 4.57 Å². The van der Waals surface area contributed by atoms with E-state index < -0.39 is 0 Å². The molecule has 6 heteroatoms. The number of rotatable bonds is 3. The summed E-state index contributed by atoms with van der Waals surface area (Å²) in [5, 5.41) is 3.92. The van der Waals surface area contributed by atoms with Crippen molar-refractivity contribution in [3.8, 4) is 0 Å². The van der Waals surface area contributed by atoms with Crippen LogP contribution in [0.1, 0.15) is 23.5 Å². The molecule has 1 aliphatic rings. The van der Waals surface area contributed by atoms with Gasteiger partial charge in [0.25, 0.3) is 5.56 Å². The van der Waals surface area contributed by atoms with Crippen molar-refractivity contribution in [3.63, 3.8) is 0 Å². The lowest BCUT2D eigenvalue weighted by Crippen LogP contribution is -2.26. The second kappa shape index (κ2) is 6.02. The molecule has 1 amide bonds. The van der Waals surface area contributed by atoms with Crippen molar-refractivity contribution >= 4 is 34.8 Å². The Morgan fingerprint density at radius 1 is 1.30 bits per heavy atom. The first kappa shape index (κ1) is 16.1. The Labute approximate surface area is 144 Å². The molecule has 2 atom stereocenters. The topological polar surface area (TPSA) is 51.1 Å². The lowest BCUT2D eigenvalue weighted by atomic mass is 10.1. The second-order valence-corrected chi connectivity index (χ2v) is 6.74. The van der Waals surface area contributed by atoms with Gasteiger partial charge in [-0.2, -0.15) is 0 Å². The predicted molar refractivity (Wildman–Crippen MR) is 92.4 cm³/mol. The van der Waals surface area contributed by atoms with Gasteiger partial charge in [-0.15, -0.1) is 0 Å². The molecule has 2 aromatic rings. The van der Waals surface area contributed by atoms with E-state index in [2.05, 4.69) is 5.32 Å². The Kier molecular flexibility index (Phi) is 4.21. The van der Waals surface area contributed by atoms with Gasteiger partial charge in [-0.25, -0.2) is 0 Å². The van der Waals surface area contributed by atoms with Gasteiger partial charge in [0, 0.05) is 29.2 Å². The minimum Gasteiger partial charge on any atom is -0.321 e. The smallest absolute Gasteiger partial charge is 0.274 e. The maximum atomic E-state index is 12.4. The van der Waals surface area contributed by atoms with Crippen LogP contribution in [0.5, 0.6) is 0 Å². The van der Waals surface area contributed by atoms with E-state index in [1.807, 2.05) is 6.07 Å². The summed E-state index contributed by atoms with van der Waals surface area (Å²) in [6.45, 7) is 1.80. The number of amides is 1. The van der Waals surface area contributed by atoms with Crippen LogP contribution in [0, 0.1) is 12.8 Å². The molecule has 0 bridgehead atoms. The molecule has 0 radical (unpaired) electrons. The van der Waals surface area contributed by atoms with E-state index in [9.17, 15) is 9.59 Å². The Hall–Kier alpha value is -1.78. The maximum absolute atomic E-state index is 12.4. The van der Waals surface area contributed by atoms with Crippen LogP contribution in [-0.2, 0) is 11.8 Å². The average Bonchev–Trinajstić information content (AvgIpc) is 3.28. The van der Waals surface area contributed by atoms with E-state index in [1.165, 1.54) is 4.57 Å². The van der Waals surface area contributed by atoms with Crippen LogP contribution >= 0.6 is 23.2 Å². The van der Waals surface area contributed by atoms with Crippen molar-refractivity contribution in [2.45, 2.75) is 19.3 Å². The highest BCUT2D eigenvalue weighted by molar-refractivity contribution is 6.35. The third-order valence-corrected chi connectivity index (χ3v) is 4.78. The largest absolute Gasteiger partial charge is 0.321 e. The first-order valence-electron chi connectivity index (χ1n) is 7.30. The molecule has 23 heavy (non-hydrogen) atoms. The van der Waals surface area contributed by atoms with Crippen molar-refractivity contribution in [1.29, 1.82) is 0 Å². The minimum atomic E-state index is -0.208. The number of aromatic nitrogens is 1. The zero-order valence-corrected chi connectivity index (χ0v) is 14.3. The summed E-state index contributed by atoms with van der Waals surface area (Å²) in [5.74, 6) is -0.238. The molecule has 0 spiro atoms. The highest BCUT2D eigenvalue weighted by atomic mass is 35.5. The number of halogens is 2.